The first-order valence-corrected chi connectivity index (χ1v) is 7.51. The molecule has 0 spiro atoms. The van der Waals surface area contributed by atoms with Crippen LogP contribution in [-0.4, -0.2) is 13.4 Å². The predicted octanol–water partition coefficient (Wildman–Crippen LogP) is 2.94. The van der Waals surface area contributed by atoms with Crippen LogP contribution in [0.5, 0.6) is 0 Å². The maximum Gasteiger partial charge on any atom is 0.213 e. The molecule has 2 aromatic heterocycles. The molecule has 0 radical (unpaired) electrons. The predicted molar refractivity (Wildman–Crippen MR) is 71.3 cm³/mol. The summed E-state index contributed by atoms with van der Waals surface area (Å²) in [5.74, 6) is -1.03. The third-order valence-electron chi connectivity index (χ3n) is 2.89. The third-order valence-corrected chi connectivity index (χ3v) is 4.54. The summed E-state index contributed by atoms with van der Waals surface area (Å²) in [6.45, 7) is 0. The van der Waals surface area contributed by atoms with Crippen LogP contribution in [0.3, 0.4) is 0 Å². The van der Waals surface area contributed by atoms with Gasteiger partial charge in [0.2, 0.25) is 5.95 Å². The van der Waals surface area contributed by atoms with Gasteiger partial charge in [0.1, 0.15) is 5.58 Å². The Morgan fingerprint density at radius 2 is 2.00 bits per heavy atom. The minimum Gasteiger partial charge on any atom is -0.464 e. The van der Waals surface area contributed by atoms with Crippen LogP contribution in [0.25, 0.3) is 11.0 Å². The summed E-state index contributed by atoms with van der Waals surface area (Å²) in [7, 11) is -3.57. The molecule has 4 nitrogen and oxygen atoms in total. The van der Waals surface area contributed by atoms with Crippen LogP contribution in [0.4, 0.5) is 4.39 Å². The zero-order valence-corrected chi connectivity index (χ0v) is 11.1. The van der Waals surface area contributed by atoms with Crippen molar-refractivity contribution in [2.24, 2.45) is 0 Å². The van der Waals surface area contributed by atoms with Gasteiger partial charge in [-0.15, -0.1) is 0 Å². The van der Waals surface area contributed by atoms with E-state index in [0.29, 0.717) is 11.0 Å². The van der Waals surface area contributed by atoms with Crippen LogP contribution in [0.2, 0.25) is 0 Å². The third kappa shape index (κ3) is 2.42. The number of hydrogen-bond donors (Lipinski definition) is 0. The quantitative estimate of drug-likeness (QED) is 0.696. The van der Waals surface area contributed by atoms with Gasteiger partial charge in [-0.1, -0.05) is 6.07 Å². The van der Waals surface area contributed by atoms with Gasteiger partial charge in [0.15, 0.2) is 9.84 Å². The lowest BCUT2D eigenvalue weighted by Crippen LogP contribution is -2.06. The molecule has 2 heterocycles. The SMILES string of the molecule is O=S(=O)(Cc1cccc(F)n1)c1ccc2occc2c1. The van der Waals surface area contributed by atoms with Crippen molar-refractivity contribution in [1.82, 2.24) is 4.98 Å². The largest absolute Gasteiger partial charge is 0.464 e. The van der Waals surface area contributed by atoms with Crippen LogP contribution in [-0.2, 0) is 15.6 Å². The fourth-order valence-electron chi connectivity index (χ4n) is 1.95. The van der Waals surface area contributed by atoms with Gasteiger partial charge in [-0.3, -0.25) is 0 Å². The number of sulfone groups is 1. The first kappa shape index (κ1) is 12.8. The molecule has 0 N–H and O–H groups in total. The summed E-state index contributed by atoms with van der Waals surface area (Å²) in [4.78, 5) is 3.74. The molecule has 0 aliphatic carbocycles. The summed E-state index contributed by atoms with van der Waals surface area (Å²) in [5.41, 5.74) is 0.796. The molecule has 6 heteroatoms. The molecule has 3 aromatic rings. The second-order valence-corrected chi connectivity index (χ2v) is 6.32. The van der Waals surface area contributed by atoms with E-state index in [-0.39, 0.29) is 16.3 Å². The van der Waals surface area contributed by atoms with Crippen molar-refractivity contribution >= 4 is 20.8 Å². The second kappa shape index (κ2) is 4.72. The Morgan fingerprint density at radius 1 is 1.15 bits per heavy atom. The van der Waals surface area contributed by atoms with Crippen molar-refractivity contribution < 1.29 is 17.2 Å². The van der Waals surface area contributed by atoms with Gasteiger partial charge in [0.25, 0.3) is 0 Å². The van der Waals surface area contributed by atoms with Gasteiger partial charge in [0.05, 0.1) is 22.6 Å². The van der Waals surface area contributed by atoms with E-state index < -0.39 is 15.8 Å². The number of halogens is 1. The summed E-state index contributed by atoms with van der Waals surface area (Å²) in [6, 6.07) is 10.4. The fraction of sp³-hybridized carbons (Fsp3) is 0.0714. The maximum absolute atomic E-state index is 13.0. The lowest BCUT2D eigenvalue weighted by molar-refractivity contribution is 0.575. The van der Waals surface area contributed by atoms with Crippen molar-refractivity contribution in [2.45, 2.75) is 10.6 Å². The van der Waals surface area contributed by atoms with Gasteiger partial charge < -0.3 is 4.42 Å². The highest BCUT2D eigenvalue weighted by atomic mass is 32.2. The van der Waals surface area contributed by atoms with E-state index in [2.05, 4.69) is 4.98 Å². The molecule has 0 saturated heterocycles. The number of aromatic nitrogens is 1. The molecule has 0 bridgehead atoms. The van der Waals surface area contributed by atoms with Crippen LogP contribution in [0.15, 0.2) is 58.0 Å². The molecule has 0 aliphatic rings. The molecule has 20 heavy (non-hydrogen) atoms. The van der Waals surface area contributed by atoms with Crippen LogP contribution in [0.1, 0.15) is 5.69 Å². The molecular formula is C14H10FNO3S. The topological polar surface area (TPSA) is 60.2 Å². The van der Waals surface area contributed by atoms with Crippen molar-refractivity contribution in [3.05, 3.63) is 60.4 Å². The minimum absolute atomic E-state index is 0.164. The Morgan fingerprint density at radius 3 is 2.80 bits per heavy atom. The second-order valence-electron chi connectivity index (χ2n) is 4.33. The minimum atomic E-state index is -3.57. The van der Waals surface area contributed by atoms with E-state index in [1.165, 1.54) is 36.6 Å². The number of furan rings is 1. The maximum atomic E-state index is 13.0. The first-order valence-electron chi connectivity index (χ1n) is 5.86. The Labute approximate surface area is 114 Å². The smallest absolute Gasteiger partial charge is 0.213 e. The van der Waals surface area contributed by atoms with Crippen LogP contribution in [0, 0.1) is 5.95 Å². The normalized spacial score (nSPS) is 11.8. The van der Waals surface area contributed by atoms with E-state index in [1.807, 2.05) is 0 Å². The number of rotatable bonds is 3. The highest BCUT2D eigenvalue weighted by Gasteiger charge is 2.17. The highest BCUT2D eigenvalue weighted by Crippen LogP contribution is 2.22. The Bertz CT molecular complexity index is 871. The number of benzene rings is 1. The van der Waals surface area contributed by atoms with Crippen molar-refractivity contribution in [3.8, 4) is 0 Å². The number of hydrogen-bond acceptors (Lipinski definition) is 4. The number of nitrogens with zero attached hydrogens (tertiary/aromatic N) is 1. The molecular weight excluding hydrogens is 281 g/mol. The monoisotopic (exact) mass is 291 g/mol. The molecule has 0 aliphatic heterocycles. The van der Waals surface area contributed by atoms with E-state index in [0.717, 1.165) is 0 Å². The van der Waals surface area contributed by atoms with E-state index >= 15 is 0 Å². The first-order chi connectivity index (χ1) is 9.54. The molecule has 0 amide bonds. The number of fused-ring (bicyclic) bond motifs is 1. The van der Waals surface area contributed by atoms with Gasteiger partial charge >= 0.3 is 0 Å². The Kier molecular flexibility index (Phi) is 3.02. The molecule has 0 atom stereocenters. The van der Waals surface area contributed by atoms with Gasteiger partial charge in [-0.05, 0) is 36.4 Å². The van der Waals surface area contributed by atoms with Crippen molar-refractivity contribution in [3.63, 3.8) is 0 Å². The average molecular weight is 291 g/mol. The fourth-order valence-corrected chi connectivity index (χ4v) is 3.25. The van der Waals surface area contributed by atoms with Crippen LogP contribution >= 0.6 is 0 Å². The lowest BCUT2D eigenvalue weighted by Gasteiger charge is -2.04. The van der Waals surface area contributed by atoms with E-state index in [9.17, 15) is 12.8 Å². The standard InChI is InChI=1S/C14H10FNO3S/c15-14-3-1-2-11(16-14)9-20(17,18)12-4-5-13-10(8-12)6-7-19-13/h1-8H,9H2. The molecule has 102 valence electrons. The summed E-state index contributed by atoms with van der Waals surface area (Å²) in [5, 5.41) is 0.707. The average Bonchev–Trinajstić information content (AvgIpc) is 2.85. The molecule has 0 unspecified atom stereocenters. The van der Waals surface area contributed by atoms with E-state index in [4.69, 9.17) is 4.42 Å². The molecule has 0 fully saturated rings. The zero-order chi connectivity index (χ0) is 14.2. The van der Waals surface area contributed by atoms with Crippen molar-refractivity contribution in [1.29, 1.82) is 0 Å². The molecule has 0 saturated carbocycles. The zero-order valence-electron chi connectivity index (χ0n) is 10.3. The Hall–Kier alpha value is -2.21. The lowest BCUT2D eigenvalue weighted by atomic mass is 10.3. The Balaban J connectivity index is 1.98. The van der Waals surface area contributed by atoms with Crippen molar-refractivity contribution in [2.75, 3.05) is 0 Å². The summed E-state index contributed by atoms with van der Waals surface area (Å²) in [6.07, 6.45) is 1.50. The summed E-state index contributed by atoms with van der Waals surface area (Å²) >= 11 is 0. The molecule has 1 aromatic carbocycles. The number of pyridine rings is 1. The van der Waals surface area contributed by atoms with Crippen LogP contribution < -0.4 is 0 Å². The van der Waals surface area contributed by atoms with Gasteiger partial charge in [-0.25, -0.2) is 13.4 Å². The van der Waals surface area contributed by atoms with E-state index in [1.54, 1.807) is 12.1 Å². The summed E-state index contributed by atoms with van der Waals surface area (Å²) < 4.78 is 42.7. The highest BCUT2D eigenvalue weighted by molar-refractivity contribution is 7.90. The van der Waals surface area contributed by atoms with Gasteiger partial charge in [0, 0.05) is 5.39 Å². The molecule has 3 rings (SSSR count). The van der Waals surface area contributed by atoms with Gasteiger partial charge in [-0.2, -0.15) is 4.39 Å².